The van der Waals surface area contributed by atoms with Gasteiger partial charge in [-0.2, -0.15) is 5.10 Å². The first-order valence-electron chi connectivity index (χ1n) is 4.91. The van der Waals surface area contributed by atoms with Gasteiger partial charge in [-0.05, 0) is 24.3 Å². The van der Waals surface area contributed by atoms with E-state index in [2.05, 4.69) is 21.0 Å². The Bertz CT molecular complexity index is 478. The van der Waals surface area contributed by atoms with Crippen LogP contribution in [-0.2, 0) is 6.42 Å². The Balaban J connectivity index is 2.37. The minimum atomic E-state index is 0.0796. The molecule has 1 heterocycles. The molecule has 0 saturated heterocycles. The SMILES string of the molecule is Nc1c(CCO)cnn1-c1ccc(Br)cc1. The Kier molecular flexibility index (Phi) is 3.26. The number of aliphatic hydroxyl groups excluding tert-OH is 1. The van der Waals surface area contributed by atoms with Crippen molar-refractivity contribution in [1.82, 2.24) is 9.78 Å². The maximum absolute atomic E-state index is 8.86. The molecular formula is C11H12BrN3O. The molecule has 0 bridgehead atoms. The number of benzene rings is 1. The summed E-state index contributed by atoms with van der Waals surface area (Å²) in [6.45, 7) is 0.0796. The van der Waals surface area contributed by atoms with E-state index in [-0.39, 0.29) is 6.61 Å². The number of hydrogen-bond acceptors (Lipinski definition) is 3. The third kappa shape index (κ3) is 2.10. The summed E-state index contributed by atoms with van der Waals surface area (Å²) in [6, 6.07) is 7.72. The number of rotatable bonds is 3. The maximum Gasteiger partial charge on any atom is 0.130 e. The van der Waals surface area contributed by atoms with Crippen LogP contribution in [0.2, 0.25) is 0 Å². The molecular weight excluding hydrogens is 270 g/mol. The monoisotopic (exact) mass is 281 g/mol. The Morgan fingerprint density at radius 2 is 2.00 bits per heavy atom. The molecule has 0 atom stereocenters. The highest BCUT2D eigenvalue weighted by Crippen LogP contribution is 2.19. The number of nitrogens with zero attached hydrogens (tertiary/aromatic N) is 2. The average Bonchev–Trinajstić information content (AvgIpc) is 2.63. The topological polar surface area (TPSA) is 64.1 Å². The van der Waals surface area contributed by atoms with Crippen molar-refractivity contribution in [1.29, 1.82) is 0 Å². The lowest BCUT2D eigenvalue weighted by atomic mass is 10.2. The van der Waals surface area contributed by atoms with Crippen molar-refractivity contribution < 1.29 is 5.11 Å². The van der Waals surface area contributed by atoms with Gasteiger partial charge in [-0.1, -0.05) is 15.9 Å². The summed E-state index contributed by atoms with van der Waals surface area (Å²) >= 11 is 3.37. The highest BCUT2D eigenvalue weighted by Gasteiger charge is 2.07. The number of hydrogen-bond donors (Lipinski definition) is 2. The molecule has 0 spiro atoms. The summed E-state index contributed by atoms with van der Waals surface area (Å²) in [5, 5.41) is 13.1. The number of aromatic nitrogens is 2. The second kappa shape index (κ2) is 4.67. The minimum Gasteiger partial charge on any atom is -0.396 e. The van der Waals surface area contributed by atoms with Gasteiger partial charge in [-0.25, -0.2) is 4.68 Å². The van der Waals surface area contributed by atoms with Crippen LogP contribution < -0.4 is 5.73 Å². The van der Waals surface area contributed by atoms with Crippen molar-refractivity contribution in [2.45, 2.75) is 6.42 Å². The fourth-order valence-corrected chi connectivity index (χ4v) is 1.76. The maximum atomic E-state index is 8.86. The van der Waals surface area contributed by atoms with Crippen molar-refractivity contribution in [2.75, 3.05) is 12.3 Å². The molecule has 0 fully saturated rings. The fraction of sp³-hybridized carbons (Fsp3) is 0.182. The number of anilines is 1. The summed E-state index contributed by atoms with van der Waals surface area (Å²) in [7, 11) is 0. The van der Waals surface area contributed by atoms with E-state index < -0.39 is 0 Å². The smallest absolute Gasteiger partial charge is 0.130 e. The molecule has 0 unspecified atom stereocenters. The van der Waals surface area contributed by atoms with Crippen LogP contribution >= 0.6 is 15.9 Å². The van der Waals surface area contributed by atoms with E-state index in [1.807, 2.05) is 24.3 Å². The van der Waals surface area contributed by atoms with E-state index in [0.29, 0.717) is 12.2 Å². The highest BCUT2D eigenvalue weighted by atomic mass is 79.9. The van der Waals surface area contributed by atoms with Gasteiger partial charge in [0.05, 0.1) is 11.9 Å². The summed E-state index contributed by atoms with van der Waals surface area (Å²) in [5.74, 6) is 0.580. The predicted molar refractivity (Wildman–Crippen MR) is 66.5 cm³/mol. The van der Waals surface area contributed by atoms with Crippen LogP contribution in [0.15, 0.2) is 34.9 Å². The van der Waals surface area contributed by atoms with Crippen LogP contribution in [0.1, 0.15) is 5.56 Å². The third-order valence-corrected chi connectivity index (χ3v) is 2.87. The van der Waals surface area contributed by atoms with Gasteiger partial charge < -0.3 is 10.8 Å². The van der Waals surface area contributed by atoms with Crippen molar-refractivity contribution in [3.8, 4) is 5.69 Å². The quantitative estimate of drug-likeness (QED) is 0.901. The molecule has 4 nitrogen and oxygen atoms in total. The molecule has 16 heavy (non-hydrogen) atoms. The number of nitrogens with two attached hydrogens (primary N) is 1. The Hall–Kier alpha value is -1.33. The van der Waals surface area contributed by atoms with Crippen molar-refractivity contribution >= 4 is 21.7 Å². The number of aliphatic hydroxyl groups is 1. The molecule has 0 aliphatic carbocycles. The molecule has 2 rings (SSSR count). The fourth-order valence-electron chi connectivity index (χ4n) is 1.49. The molecule has 1 aromatic heterocycles. The van der Waals surface area contributed by atoms with Crippen LogP contribution in [0.25, 0.3) is 5.69 Å². The van der Waals surface area contributed by atoms with Gasteiger partial charge in [0.15, 0.2) is 0 Å². The first-order valence-corrected chi connectivity index (χ1v) is 5.71. The second-order valence-corrected chi connectivity index (χ2v) is 4.33. The minimum absolute atomic E-state index is 0.0796. The van der Waals surface area contributed by atoms with Crippen molar-refractivity contribution in [2.24, 2.45) is 0 Å². The van der Waals surface area contributed by atoms with E-state index >= 15 is 0 Å². The van der Waals surface area contributed by atoms with Crippen LogP contribution in [0.5, 0.6) is 0 Å². The molecule has 1 aromatic carbocycles. The van der Waals surface area contributed by atoms with E-state index in [0.717, 1.165) is 15.7 Å². The Morgan fingerprint density at radius 1 is 1.31 bits per heavy atom. The number of nitrogen functional groups attached to an aromatic ring is 1. The van der Waals surface area contributed by atoms with E-state index in [9.17, 15) is 0 Å². The third-order valence-electron chi connectivity index (χ3n) is 2.34. The van der Waals surface area contributed by atoms with Crippen LogP contribution in [0, 0.1) is 0 Å². The molecule has 2 aromatic rings. The normalized spacial score (nSPS) is 10.6. The second-order valence-electron chi connectivity index (χ2n) is 3.42. The van der Waals surface area contributed by atoms with E-state index in [1.54, 1.807) is 10.9 Å². The van der Waals surface area contributed by atoms with Gasteiger partial charge in [-0.3, -0.25) is 0 Å². The molecule has 0 aliphatic rings. The zero-order valence-corrected chi connectivity index (χ0v) is 10.2. The Morgan fingerprint density at radius 3 is 2.62 bits per heavy atom. The molecule has 0 saturated carbocycles. The summed E-state index contributed by atoms with van der Waals surface area (Å²) < 4.78 is 2.68. The predicted octanol–water partition coefficient (Wildman–Crippen LogP) is 1.75. The molecule has 0 aliphatic heterocycles. The molecule has 0 amide bonds. The van der Waals surface area contributed by atoms with Gasteiger partial charge in [0.2, 0.25) is 0 Å². The van der Waals surface area contributed by atoms with Gasteiger partial charge >= 0.3 is 0 Å². The largest absolute Gasteiger partial charge is 0.396 e. The standard InChI is InChI=1S/C11H12BrN3O/c12-9-1-3-10(4-2-9)15-11(13)8(5-6-16)7-14-15/h1-4,7,16H,5-6,13H2. The van der Waals surface area contributed by atoms with Crippen LogP contribution in [0.4, 0.5) is 5.82 Å². The van der Waals surface area contributed by atoms with Crippen LogP contribution in [-0.4, -0.2) is 21.5 Å². The van der Waals surface area contributed by atoms with E-state index in [4.69, 9.17) is 10.8 Å². The first kappa shape index (κ1) is 11.2. The number of halogens is 1. The van der Waals surface area contributed by atoms with Crippen molar-refractivity contribution in [3.63, 3.8) is 0 Å². The average molecular weight is 282 g/mol. The molecule has 0 radical (unpaired) electrons. The van der Waals surface area contributed by atoms with Crippen molar-refractivity contribution in [3.05, 3.63) is 40.5 Å². The first-order chi connectivity index (χ1) is 7.72. The van der Waals surface area contributed by atoms with E-state index in [1.165, 1.54) is 0 Å². The molecule has 84 valence electrons. The summed E-state index contributed by atoms with van der Waals surface area (Å²) in [5.41, 5.74) is 7.71. The summed E-state index contributed by atoms with van der Waals surface area (Å²) in [4.78, 5) is 0. The zero-order valence-electron chi connectivity index (χ0n) is 8.60. The van der Waals surface area contributed by atoms with Gasteiger partial charge in [-0.15, -0.1) is 0 Å². The van der Waals surface area contributed by atoms with Crippen LogP contribution in [0.3, 0.4) is 0 Å². The zero-order chi connectivity index (χ0) is 11.5. The molecule has 3 N–H and O–H groups in total. The van der Waals surface area contributed by atoms with Gasteiger partial charge in [0.1, 0.15) is 5.82 Å². The van der Waals surface area contributed by atoms with Gasteiger partial charge in [0.25, 0.3) is 0 Å². The lowest BCUT2D eigenvalue weighted by Crippen LogP contribution is -2.03. The lowest BCUT2D eigenvalue weighted by Gasteiger charge is -2.04. The Labute approximate surface area is 102 Å². The molecule has 5 heteroatoms. The highest BCUT2D eigenvalue weighted by molar-refractivity contribution is 9.10. The summed E-state index contributed by atoms with van der Waals surface area (Å²) in [6.07, 6.45) is 2.22. The lowest BCUT2D eigenvalue weighted by molar-refractivity contribution is 0.300. The van der Waals surface area contributed by atoms with Gasteiger partial charge in [0, 0.05) is 23.1 Å².